The molecule has 3 aromatic carbocycles. The van der Waals surface area contributed by atoms with Gasteiger partial charge < -0.3 is 40.6 Å². The third-order valence-electron chi connectivity index (χ3n) is 13.9. The monoisotopic (exact) mass is 845 g/mol. The molecule has 6 unspecified atom stereocenters. The molecule has 13 heteroatoms. The summed E-state index contributed by atoms with van der Waals surface area (Å²) in [5.74, 6) is -0.351. The molecule has 330 valence electrons. The number of carbonyl (C=O) groups excluding carboxylic acids is 4. The van der Waals surface area contributed by atoms with Crippen LogP contribution in [0.2, 0.25) is 0 Å². The average Bonchev–Trinajstić information content (AvgIpc) is 3.71. The summed E-state index contributed by atoms with van der Waals surface area (Å²) < 4.78 is 12.5. The summed E-state index contributed by atoms with van der Waals surface area (Å²) in [7, 11) is 1.18. The van der Waals surface area contributed by atoms with E-state index in [0.29, 0.717) is 53.5 Å². The molecule has 3 aliphatic carbocycles. The number of hydrogen-bond acceptors (Lipinski definition) is 8. The van der Waals surface area contributed by atoms with Crippen molar-refractivity contribution in [3.8, 4) is 16.9 Å². The van der Waals surface area contributed by atoms with Gasteiger partial charge in [0.15, 0.2) is 0 Å². The van der Waals surface area contributed by atoms with Crippen LogP contribution in [0.15, 0.2) is 79.0 Å². The Hall–Kier alpha value is -5.14. The van der Waals surface area contributed by atoms with Crippen LogP contribution < -0.4 is 21.3 Å². The fraction of sp³-hybridized carbons (Fsp3) is 0.510. The number of hydrogen-bond donors (Lipinski definition) is 5. The summed E-state index contributed by atoms with van der Waals surface area (Å²) in [4.78, 5) is 56.0. The van der Waals surface area contributed by atoms with Gasteiger partial charge >= 0.3 is 7.12 Å². The fourth-order valence-corrected chi connectivity index (χ4v) is 9.78. The number of fused-ring (bicyclic) bond motifs is 2. The highest BCUT2D eigenvalue weighted by Crippen LogP contribution is 2.61. The van der Waals surface area contributed by atoms with E-state index in [1.54, 1.807) is 36.2 Å². The predicted molar refractivity (Wildman–Crippen MR) is 241 cm³/mol. The van der Waals surface area contributed by atoms with E-state index in [-0.39, 0.29) is 54.7 Å². The summed E-state index contributed by atoms with van der Waals surface area (Å²) in [5.41, 5.74) is 5.91. The van der Waals surface area contributed by atoms with Crippen LogP contribution in [0.1, 0.15) is 112 Å². The van der Waals surface area contributed by atoms with Crippen LogP contribution in [0.25, 0.3) is 11.1 Å². The molecule has 2 aliphatic heterocycles. The number of carbonyl (C=O) groups is 4. The first-order valence-electron chi connectivity index (χ1n) is 22.7. The molecule has 4 fully saturated rings. The van der Waals surface area contributed by atoms with E-state index in [2.05, 4.69) is 72.9 Å². The topological polar surface area (TPSA) is 158 Å². The lowest BCUT2D eigenvalue weighted by Gasteiger charge is -2.60. The second kappa shape index (κ2) is 19.9. The number of likely N-dealkylation sites (N-methyl/N-ethyl adjacent to an activating group) is 1. The lowest BCUT2D eigenvalue weighted by Crippen LogP contribution is -2.59. The largest absolute Gasteiger partial charge is 0.508 e. The summed E-state index contributed by atoms with van der Waals surface area (Å²) in [6, 6.07) is 19.3. The number of phenols is 1. The minimum atomic E-state index is -0.946. The van der Waals surface area contributed by atoms with Crippen LogP contribution in [0.4, 0.5) is 0 Å². The highest BCUT2D eigenvalue weighted by Gasteiger charge is 2.61. The summed E-state index contributed by atoms with van der Waals surface area (Å²) in [5, 5.41) is 22.3. The van der Waals surface area contributed by atoms with Crippen LogP contribution in [0, 0.1) is 17.3 Å². The van der Waals surface area contributed by atoms with Gasteiger partial charge in [0.2, 0.25) is 17.7 Å². The second-order valence-electron chi connectivity index (χ2n) is 18.4. The molecule has 3 saturated carbocycles. The molecule has 4 bridgehead atoms. The number of nitrogens with one attached hydrogen (secondary N) is 4. The molecule has 62 heavy (non-hydrogen) atoms. The van der Waals surface area contributed by atoms with E-state index in [4.69, 9.17) is 9.31 Å². The van der Waals surface area contributed by atoms with Crippen molar-refractivity contribution in [3.63, 3.8) is 0 Å². The van der Waals surface area contributed by atoms with Crippen molar-refractivity contribution in [3.05, 3.63) is 101 Å². The smallest absolute Gasteiger partial charge is 0.478 e. The zero-order valence-corrected chi connectivity index (χ0v) is 36.8. The van der Waals surface area contributed by atoms with Crippen molar-refractivity contribution < 1.29 is 33.6 Å². The standard InChI is InChI=1S/C49H64BN5O7/c1-6-7-12-32-15-17-33(18-16-32)34-19-21-35(22-20-34)46(58)51-28-31(2)55(5)44-37-23-24-41(56)36(25-37)13-10-8-9-11-14-40(54-43(57)29-52-48(44)60)47(59)53-30-50-61-42-27-38-26-39(45(42)62-50)49(38,3)4/h15-25,38-40,42,44-45,56H,2,6-14,26-30H2,1,3-5H3,(H,51,58)(H,52,60)(H,53,59)(H,54,57). The van der Waals surface area contributed by atoms with E-state index < -0.39 is 31.0 Å². The SMILES string of the molecule is C=C(CNC(=O)c1ccc(-c2ccc(CCCC)cc2)cc1)N(C)C1C(=O)NCC(=O)NC(C(=O)NCB2OC3CC4CC(C3O2)C4(C)C)CCCCCCc2cc1ccc2O. The van der Waals surface area contributed by atoms with Gasteiger partial charge in [-0.3, -0.25) is 19.2 Å². The van der Waals surface area contributed by atoms with E-state index >= 15 is 0 Å². The van der Waals surface area contributed by atoms with Gasteiger partial charge in [-0.15, -0.1) is 0 Å². The maximum atomic E-state index is 14.1. The minimum absolute atomic E-state index is 0.0395. The maximum absolute atomic E-state index is 14.1. The molecule has 8 rings (SSSR count). The van der Waals surface area contributed by atoms with Crippen molar-refractivity contribution >= 4 is 30.7 Å². The molecule has 4 amide bonds. The minimum Gasteiger partial charge on any atom is -0.508 e. The lowest BCUT2D eigenvalue weighted by atomic mass is 9.47. The first kappa shape index (κ1) is 44.9. The number of rotatable bonds is 12. The second-order valence-corrected chi connectivity index (χ2v) is 18.4. The van der Waals surface area contributed by atoms with Crippen molar-refractivity contribution in [1.82, 2.24) is 26.2 Å². The fourth-order valence-electron chi connectivity index (χ4n) is 9.78. The van der Waals surface area contributed by atoms with Crippen LogP contribution in [-0.4, -0.2) is 85.6 Å². The summed E-state index contributed by atoms with van der Waals surface area (Å²) in [6.45, 7) is 10.7. The highest BCUT2D eigenvalue weighted by atomic mass is 16.7. The van der Waals surface area contributed by atoms with Crippen molar-refractivity contribution in [2.75, 3.05) is 26.6 Å². The molecule has 12 nitrogen and oxygen atoms in total. The molecule has 6 atom stereocenters. The number of amides is 4. The number of benzene rings is 3. The van der Waals surface area contributed by atoms with Crippen molar-refractivity contribution in [2.45, 2.75) is 116 Å². The molecule has 2 heterocycles. The lowest BCUT2D eigenvalue weighted by molar-refractivity contribution is -0.150. The van der Waals surface area contributed by atoms with Crippen LogP contribution in [0.3, 0.4) is 0 Å². The molecule has 0 radical (unpaired) electrons. The summed E-state index contributed by atoms with van der Waals surface area (Å²) >= 11 is 0. The molecule has 5 aliphatic rings. The normalized spacial score (nSPS) is 24.7. The van der Waals surface area contributed by atoms with Gasteiger partial charge in [-0.25, -0.2) is 0 Å². The van der Waals surface area contributed by atoms with Gasteiger partial charge in [-0.2, -0.15) is 0 Å². The third kappa shape index (κ3) is 10.4. The Labute approximate surface area is 367 Å². The Bertz CT molecular complexity index is 2090. The Balaban J connectivity index is 0.963. The Morgan fingerprint density at radius 2 is 1.68 bits per heavy atom. The molecular weight excluding hydrogens is 781 g/mol. The number of aromatic hydroxyl groups is 1. The number of unbranched alkanes of at least 4 members (excludes halogenated alkanes) is 1. The first-order valence-corrected chi connectivity index (χ1v) is 22.7. The summed E-state index contributed by atoms with van der Waals surface area (Å²) in [6.07, 6.45) is 9.99. The Kier molecular flexibility index (Phi) is 14.4. The molecule has 0 aromatic heterocycles. The predicted octanol–water partition coefficient (Wildman–Crippen LogP) is 6.42. The van der Waals surface area contributed by atoms with Gasteiger partial charge in [0.25, 0.3) is 5.91 Å². The first-order chi connectivity index (χ1) is 29.8. The number of phenolic OH excluding ortho intramolecular Hbond substituents is 1. The van der Waals surface area contributed by atoms with Gasteiger partial charge in [0, 0.05) is 18.3 Å². The van der Waals surface area contributed by atoms with Crippen molar-refractivity contribution in [1.29, 1.82) is 0 Å². The van der Waals surface area contributed by atoms with E-state index in [0.717, 1.165) is 62.5 Å². The van der Waals surface area contributed by atoms with E-state index in [1.807, 2.05) is 18.2 Å². The number of nitrogens with zero attached hydrogens (tertiary/aromatic N) is 1. The molecule has 5 N–H and O–H groups in total. The van der Waals surface area contributed by atoms with Gasteiger partial charge in [-0.05, 0) is 114 Å². The third-order valence-corrected chi connectivity index (χ3v) is 13.9. The zero-order valence-electron chi connectivity index (χ0n) is 36.8. The van der Waals surface area contributed by atoms with Crippen LogP contribution in [-0.2, 0) is 36.5 Å². The average molecular weight is 846 g/mol. The maximum Gasteiger partial charge on any atom is 0.478 e. The molecule has 1 saturated heterocycles. The Morgan fingerprint density at radius 3 is 2.40 bits per heavy atom. The van der Waals surface area contributed by atoms with Crippen molar-refractivity contribution in [2.24, 2.45) is 17.3 Å². The molecular formula is C49H64BN5O7. The zero-order chi connectivity index (χ0) is 44.0. The van der Waals surface area contributed by atoms with Gasteiger partial charge in [-0.1, -0.05) is 95.5 Å². The van der Waals surface area contributed by atoms with E-state index in [1.165, 1.54) is 5.56 Å². The van der Waals surface area contributed by atoms with Gasteiger partial charge in [0.1, 0.15) is 17.8 Å². The van der Waals surface area contributed by atoms with Gasteiger partial charge in [0.05, 0.1) is 31.7 Å². The Morgan fingerprint density at radius 1 is 0.952 bits per heavy atom. The highest BCUT2D eigenvalue weighted by molar-refractivity contribution is 6.45. The quantitative estimate of drug-likeness (QED) is 0.131. The molecule has 0 spiro atoms. The molecule has 3 aromatic rings. The van der Waals surface area contributed by atoms with E-state index in [9.17, 15) is 24.3 Å². The number of aryl methyl sites for hydroxylation is 2. The van der Waals surface area contributed by atoms with Crippen LogP contribution >= 0.6 is 0 Å². The van der Waals surface area contributed by atoms with Crippen LogP contribution in [0.5, 0.6) is 5.75 Å².